The Bertz CT molecular complexity index is 1580. The van der Waals surface area contributed by atoms with Crippen molar-refractivity contribution in [2.24, 2.45) is 0 Å². The molecule has 3 heterocycles. The Morgan fingerprint density at radius 3 is 2.40 bits per heavy atom. The highest BCUT2D eigenvalue weighted by Crippen LogP contribution is 2.35. The maximum atomic E-state index is 14.1. The Kier molecular flexibility index (Phi) is 9.19. The van der Waals surface area contributed by atoms with Crippen LogP contribution in [0.15, 0.2) is 58.8 Å². The third kappa shape index (κ3) is 6.18. The summed E-state index contributed by atoms with van der Waals surface area (Å²) in [6, 6.07) is 13.7. The zero-order chi connectivity index (χ0) is 30.0. The van der Waals surface area contributed by atoms with Crippen LogP contribution >= 0.6 is 34.5 Å². The molecule has 0 spiro atoms. The summed E-state index contributed by atoms with van der Waals surface area (Å²) in [4.78, 5) is 31.6. The number of carbonyl (C=O) groups is 2. The lowest BCUT2D eigenvalue weighted by atomic mass is 10.1. The van der Waals surface area contributed by atoms with Crippen molar-refractivity contribution in [3.05, 3.63) is 69.5 Å². The highest BCUT2D eigenvalue weighted by Gasteiger charge is 2.41. The number of nitrogens with zero attached hydrogens (tertiary/aromatic N) is 4. The van der Waals surface area contributed by atoms with E-state index < -0.39 is 22.2 Å². The topological polar surface area (TPSA) is 99.7 Å². The predicted molar refractivity (Wildman–Crippen MR) is 164 cm³/mol. The van der Waals surface area contributed by atoms with Gasteiger partial charge in [-0.2, -0.15) is 4.31 Å². The molecule has 0 radical (unpaired) electrons. The molecule has 0 aliphatic carbocycles. The first kappa shape index (κ1) is 30.4. The first-order chi connectivity index (χ1) is 20.1. The average molecular weight is 654 g/mol. The highest BCUT2D eigenvalue weighted by molar-refractivity contribution is 7.89. The van der Waals surface area contributed by atoms with Gasteiger partial charge in [-0.15, -0.1) is 11.3 Å². The van der Waals surface area contributed by atoms with Gasteiger partial charge in [0.2, 0.25) is 21.0 Å². The molecule has 5 rings (SSSR count). The van der Waals surface area contributed by atoms with Crippen molar-refractivity contribution in [3.8, 4) is 5.06 Å². The lowest BCUT2D eigenvalue weighted by Crippen LogP contribution is -2.62. The fourth-order valence-corrected chi connectivity index (χ4v) is 8.28. The number of methoxy groups -OCH3 is 1. The molecule has 10 nitrogen and oxygen atoms in total. The Morgan fingerprint density at radius 2 is 1.69 bits per heavy atom. The maximum Gasteiger partial charge on any atom is 0.514 e. The number of sulfonamides is 1. The Hall–Kier alpha value is -3.03. The van der Waals surface area contributed by atoms with Crippen LogP contribution in [0.3, 0.4) is 0 Å². The van der Waals surface area contributed by atoms with Gasteiger partial charge in [-0.25, -0.2) is 13.2 Å². The van der Waals surface area contributed by atoms with Gasteiger partial charge in [0.25, 0.3) is 0 Å². The van der Waals surface area contributed by atoms with E-state index in [0.29, 0.717) is 42.8 Å². The Morgan fingerprint density at radius 1 is 0.952 bits per heavy atom. The van der Waals surface area contributed by atoms with Gasteiger partial charge in [0.1, 0.15) is 10.9 Å². The van der Waals surface area contributed by atoms with Crippen LogP contribution in [0.1, 0.15) is 5.56 Å². The minimum atomic E-state index is -4.09. The molecular formula is C28H30Cl2N4O6S2. The summed E-state index contributed by atoms with van der Waals surface area (Å²) in [5.41, 5.74) is 2.68. The molecule has 0 bridgehead atoms. The fraction of sp³-hybridized carbons (Fsp3) is 0.357. The second kappa shape index (κ2) is 12.7. The molecule has 0 saturated carbocycles. The van der Waals surface area contributed by atoms with Crippen LogP contribution in [0.2, 0.25) is 10.0 Å². The largest absolute Gasteiger partial charge is 0.514 e. The van der Waals surface area contributed by atoms with Gasteiger partial charge in [0.15, 0.2) is 0 Å². The number of halogens is 2. The van der Waals surface area contributed by atoms with Crippen molar-refractivity contribution in [2.75, 3.05) is 62.7 Å². The van der Waals surface area contributed by atoms with E-state index in [0.717, 1.165) is 35.4 Å². The number of carbonyl (C=O) groups excluding carboxylic acids is 2. The first-order valence-corrected chi connectivity index (χ1v) is 16.3. The molecule has 2 saturated heterocycles. The van der Waals surface area contributed by atoms with Crippen molar-refractivity contribution in [1.82, 2.24) is 9.21 Å². The molecule has 14 heteroatoms. The summed E-state index contributed by atoms with van der Waals surface area (Å²) in [6.45, 7) is 4.33. The number of benzene rings is 2. The first-order valence-electron chi connectivity index (χ1n) is 13.2. The van der Waals surface area contributed by atoms with E-state index in [2.05, 4.69) is 9.64 Å². The van der Waals surface area contributed by atoms with Gasteiger partial charge in [0.05, 0.1) is 17.8 Å². The standard InChI is InChI=1S/C28H30Cl2N4O6S2/c1-19-5-3-4-6-22(19)34-15-14-33(42(37,38)25-9-16-41-27(25)40-28(36)39-2)18-24(34)26(35)32-12-10-31(11-13-32)23-17-20(29)7-8-21(23)30/h3-9,16-17,24H,10-15,18H2,1-2H3. The summed E-state index contributed by atoms with van der Waals surface area (Å²) in [5.74, 6) is -0.161. The zero-order valence-corrected chi connectivity index (χ0v) is 26.2. The minimum Gasteiger partial charge on any atom is -0.437 e. The molecule has 2 aromatic carbocycles. The zero-order valence-electron chi connectivity index (χ0n) is 23.0. The third-order valence-electron chi connectivity index (χ3n) is 7.45. The van der Waals surface area contributed by atoms with Crippen LogP contribution in [-0.4, -0.2) is 88.7 Å². The molecule has 42 heavy (non-hydrogen) atoms. The van der Waals surface area contributed by atoms with Gasteiger partial charge in [-0.3, -0.25) is 4.79 Å². The molecular weight excluding hydrogens is 623 g/mol. The van der Waals surface area contributed by atoms with E-state index in [1.807, 2.05) is 42.2 Å². The maximum absolute atomic E-state index is 14.1. The summed E-state index contributed by atoms with van der Waals surface area (Å²) >= 11 is 13.6. The van der Waals surface area contributed by atoms with Crippen LogP contribution in [-0.2, 0) is 19.6 Å². The number of aryl methyl sites for hydroxylation is 1. The predicted octanol–water partition coefficient (Wildman–Crippen LogP) is 4.74. The van der Waals surface area contributed by atoms with E-state index in [9.17, 15) is 18.0 Å². The number of hydrogen-bond acceptors (Lipinski definition) is 9. The SMILES string of the molecule is COC(=O)Oc1sccc1S(=O)(=O)N1CCN(c2ccccc2C)C(C(=O)N2CCN(c3cc(Cl)ccc3Cl)CC2)C1. The molecule has 2 aliphatic rings. The second-order valence-corrected chi connectivity index (χ2v) is 13.5. The van der Waals surface area contributed by atoms with E-state index in [4.69, 9.17) is 27.9 Å². The van der Waals surface area contributed by atoms with Crippen molar-refractivity contribution < 1.29 is 27.5 Å². The van der Waals surface area contributed by atoms with E-state index >= 15 is 0 Å². The van der Waals surface area contributed by atoms with E-state index in [-0.39, 0.29) is 29.0 Å². The van der Waals surface area contributed by atoms with E-state index in [1.54, 1.807) is 17.0 Å². The van der Waals surface area contributed by atoms with Crippen LogP contribution in [0.5, 0.6) is 5.06 Å². The molecule has 0 N–H and O–H groups in total. The number of piperazine rings is 2. The number of rotatable bonds is 6. The summed E-state index contributed by atoms with van der Waals surface area (Å²) < 4.78 is 38.5. The highest BCUT2D eigenvalue weighted by atomic mass is 35.5. The number of hydrogen-bond donors (Lipinski definition) is 0. The summed E-state index contributed by atoms with van der Waals surface area (Å²) in [5, 5.41) is 2.61. The van der Waals surface area contributed by atoms with Crippen molar-refractivity contribution in [1.29, 1.82) is 0 Å². The summed E-state index contributed by atoms with van der Waals surface area (Å²) in [7, 11) is -2.94. The van der Waals surface area contributed by atoms with Crippen molar-refractivity contribution >= 4 is 68.0 Å². The number of thiophene rings is 1. The van der Waals surface area contributed by atoms with Crippen LogP contribution in [0, 0.1) is 6.92 Å². The third-order valence-corrected chi connectivity index (χ3v) is 10.8. The van der Waals surface area contributed by atoms with Gasteiger partial charge >= 0.3 is 6.16 Å². The van der Waals surface area contributed by atoms with Gasteiger partial charge in [-0.05, 0) is 48.2 Å². The fourth-order valence-electron chi connectivity index (χ4n) is 5.27. The molecule has 1 unspecified atom stereocenters. The number of anilines is 2. The summed E-state index contributed by atoms with van der Waals surface area (Å²) in [6.07, 6.45) is -1.01. The number of amides is 1. The molecule has 2 fully saturated rings. The number of ether oxygens (including phenoxy) is 2. The van der Waals surface area contributed by atoms with Crippen LogP contribution in [0.4, 0.5) is 16.2 Å². The Labute approximate surface area is 259 Å². The molecule has 2 aliphatic heterocycles. The van der Waals surface area contributed by atoms with Crippen molar-refractivity contribution in [2.45, 2.75) is 17.9 Å². The lowest BCUT2D eigenvalue weighted by molar-refractivity contribution is -0.133. The molecule has 3 aromatic rings. The quantitative estimate of drug-likeness (QED) is 0.352. The molecule has 224 valence electrons. The molecule has 1 atom stereocenters. The van der Waals surface area contributed by atoms with E-state index in [1.165, 1.54) is 15.8 Å². The van der Waals surface area contributed by atoms with Gasteiger partial charge < -0.3 is 24.2 Å². The average Bonchev–Trinajstić information content (AvgIpc) is 3.47. The second-order valence-electron chi connectivity index (χ2n) is 9.90. The van der Waals surface area contributed by atoms with Crippen LogP contribution < -0.4 is 14.5 Å². The monoisotopic (exact) mass is 652 g/mol. The van der Waals surface area contributed by atoms with Gasteiger partial charge in [-0.1, -0.05) is 41.4 Å². The smallest absolute Gasteiger partial charge is 0.437 e. The molecule has 1 aromatic heterocycles. The lowest BCUT2D eigenvalue weighted by Gasteiger charge is -2.45. The Balaban J connectivity index is 1.39. The van der Waals surface area contributed by atoms with Gasteiger partial charge in [0, 0.05) is 56.5 Å². The normalized spacial score (nSPS) is 18.2. The number of para-hydroxylation sites is 1. The van der Waals surface area contributed by atoms with Crippen molar-refractivity contribution in [3.63, 3.8) is 0 Å². The minimum absolute atomic E-state index is 0.0661. The molecule has 1 amide bonds. The van der Waals surface area contributed by atoms with Crippen LogP contribution in [0.25, 0.3) is 0 Å².